The maximum atomic E-state index is 12.1. The monoisotopic (exact) mass is 429 g/mol. The molecule has 6 nitrogen and oxygen atoms in total. The molecule has 0 bridgehead atoms. The van der Waals surface area contributed by atoms with Crippen molar-refractivity contribution < 1.29 is 13.5 Å². The van der Waals surface area contributed by atoms with Gasteiger partial charge in [0.25, 0.3) is 0 Å². The van der Waals surface area contributed by atoms with Crippen molar-refractivity contribution in [1.82, 2.24) is 4.90 Å². The number of aryl methyl sites for hydroxylation is 1. The average Bonchev–Trinajstić information content (AvgIpc) is 3.03. The number of aliphatic hydroxyl groups is 1. The van der Waals surface area contributed by atoms with Crippen molar-refractivity contribution in [2.24, 2.45) is 0 Å². The lowest BCUT2D eigenvalue weighted by atomic mass is 10.0. The summed E-state index contributed by atoms with van der Waals surface area (Å²) in [4.78, 5) is 4.70. The third-order valence-corrected chi connectivity index (χ3v) is 7.44. The molecule has 0 spiro atoms. The second kappa shape index (κ2) is 8.21. The van der Waals surface area contributed by atoms with Gasteiger partial charge in [-0.3, -0.25) is 9.21 Å². The molecule has 30 heavy (non-hydrogen) atoms. The van der Waals surface area contributed by atoms with Crippen LogP contribution >= 0.6 is 0 Å². The van der Waals surface area contributed by atoms with Gasteiger partial charge in [-0.1, -0.05) is 24.3 Å². The first kappa shape index (κ1) is 21.2. The Morgan fingerprint density at radius 3 is 2.50 bits per heavy atom. The number of nitrogens with zero attached hydrogens (tertiary/aromatic N) is 3. The van der Waals surface area contributed by atoms with Gasteiger partial charge in [0.15, 0.2) is 0 Å². The third kappa shape index (κ3) is 4.33. The molecule has 0 amide bonds. The number of anilines is 2. The lowest BCUT2D eigenvalue weighted by Gasteiger charge is -2.37. The summed E-state index contributed by atoms with van der Waals surface area (Å²) in [6, 6.07) is 14.2. The van der Waals surface area contributed by atoms with E-state index in [1.807, 2.05) is 25.1 Å². The molecule has 0 radical (unpaired) electrons. The standard InChI is InChI=1S/C23H31N3O3S/c1-17-5-4-6-21(13-17)25-11-9-24(10-12-25)16-23(27)19-7-8-22-20(15-19)14-18(2)26(22)30(3,28)29/h4-8,13,15,18,23,27H,9-12,14,16H2,1-3H3. The highest BCUT2D eigenvalue weighted by Gasteiger charge is 2.33. The Bertz CT molecular complexity index is 1020. The Morgan fingerprint density at radius 2 is 1.83 bits per heavy atom. The van der Waals surface area contributed by atoms with Gasteiger partial charge in [-0.25, -0.2) is 8.42 Å². The van der Waals surface area contributed by atoms with Gasteiger partial charge in [-0.05, 0) is 55.2 Å². The Balaban J connectivity index is 1.39. The number of rotatable bonds is 5. The molecule has 1 fully saturated rings. The minimum atomic E-state index is -3.29. The largest absolute Gasteiger partial charge is 0.387 e. The van der Waals surface area contributed by atoms with Crippen LogP contribution in [0.5, 0.6) is 0 Å². The molecule has 2 aromatic carbocycles. The highest BCUT2D eigenvalue weighted by Crippen LogP contribution is 2.36. The quantitative estimate of drug-likeness (QED) is 0.792. The fraction of sp³-hybridized carbons (Fsp3) is 0.478. The molecule has 2 aliphatic heterocycles. The predicted octanol–water partition coefficient (Wildman–Crippen LogP) is 2.56. The SMILES string of the molecule is Cc1cccc(N2CCN(CC(O)c3ccc4c(c3)CC(C)N4S(C)(=O)=O)CC2)c1. The van der Waals surface area contributed by atoms with Crippen LogP contribution in [0.1, 0.15) is 29.7 Å². The maximum Gasteiger partial charge on any atom is 0.232 e. The zero-order valence-corrected chi connectivity index (χ0v) is 18.8. The van der Waals surface area contributed by atoms with Crippen LogP contribution in [-0.2, 0) is 16.4 Å². The molecule has 2 aliphatic rings. The normalized spacial score (nSPS) is 21.0. The van der Waals surface area contributed by atoms with E-state index in [9.17, 15) is 13.5 Å². The molecule has 0 saturated carbocycles. The molecule has 0 aliphatic carbocycles. The summed E-state index contributed by atoms with van der Waals surface area (Å²) in [7, 11) is -3.29. The van der Waals surface area contributed by atoms with Gasteiger partial charge in [0, 0.05) is 44.5 Å². The molecular weight excluding hydrogens is 398 g/mol. The molecule has 4 rings (SSSR count). The molecule has 1 saturated heterocycles. The third-order valence-electron chi connectivity index (χ3n) is 6.17. The zero-order chi connectivity index (χ0) is 21.5. The summed E-state index contributed by atoms with van der Waals surface area (Å²) in [5, 5.41) is 10.8. The van der Waals surface area contributed by atoms with E-state index in [0.717, 1.165) is 43.0 Å². The lowest BCUT2D eigenvalue weighted by Crippen LogP contribution is -2.47. The second-order valence-corrected chi connectivity index (χ2v) is 10.5. The van der Waals surface area contributed by atoms with E-state index in [0.29, 0.717) is 13.0 Å². The van der Waals surface area contributed by atoms with Crippen LogP contribution in [0.2, 0.25) is 0 Å². The van der Waals surface area contributed by atoms with Crippen molar-refractivity contribution >= 4 is 21.4 Å². The minimum Gasteiger partial charge on any atom is -0.387 e. The van der Waals surface area contributed by atoms with E-state index < -0.39 is 16.1 Å². The molecule has 2 heterocycles. The fourth-order valence-corrected chi connectivity index (χ4v) is 5.96. The van der Waals surface area contributed by atoms with E-state index >= 15 is 0 Å². The van der Waals surface area contributed by atoms with Crippen molar-refractivity contribution in [3.05, 3.63) is 59.2 Å². The van der Waals surface area contributed by atoms with Crippen LogP contribution in [0.25, 0.3) is 0 Å². The van der Waals surface area contributed by atoms with E-state index in [-0.39, 0.29) is 6.04 Å². The summed E-state index contributed by atoms with van der Waals surface area (Å²) in [5.74, 6) is 0. The highest BCUT2D eigenvalue weighted by molar-refractivity contribution is 7.92. The Hall–Kier alpha value is -2.09. The fourth-order valence-electron chi connectivity index (χ4n) is 4.70. The summed E-state index contributed by atoms with van der Waals surface area (Å²) >= 11 is 0. The lowest BCUT2D eigenvalue weighted by molar-refractivity contribution is 0.109. The minimum absolute atomic E-state index is 0.0860. The number of aliphatic hydroxyl groups excluding tert-OH is 1. The first-order valence-corrected chi connectivity index (χ1v) is 12.4. The molecular formula is C23H31N3O3S. The van der Waals surface area contributed by atoms with Gasteiger partial charge >= 0.3 is 0 Å². The Kier molecular flexibility index (Phi) is 5.79. The van der Waals surface area contributed by atoms with Gasteiger partial charge in [0.05, 0.1) is 18.0 Å². The van der Waals surface area contributed by atoms with Crippen molar-refractivity contribution in [1.29, 1.82) is 0 Å². The van der Waals surface area contributed by atoms with Crippen LogP contribution in [0, 0.1) is 6.92 Å². The van der Waals surface area contributed by atoms with Crippen LogP contribution in [0.4, 0.5) is 11.4 Å². The molecule has 2 atom stereocenters. The van der Waals surface area contributed by atoms with E-state index in [1.54, 1.807) is 0 Å². The van der Waals surface area contributed by atoms with Gasteiger partial charge in [0.2, 0.25) is 10.0 Å². The number of hydrogen-bond acceptors (Lipinski definition) is 5. The number of benzene rings is 2. The summed E-state index contributed by atoms with van der Waals surface area (Å²) in [5.41, 5.74) is 5.13. The molecule has 2 aromatic rings. The number of sulfonamides is 1. The predicted molar refractivity (Wildman–Crippen MR) is 122 cm³/mol. The number of hydrogen-bond donors (Lipinski definition) is 1. The number of piperazine rings is 1. The zero-order valence-electron chi connectivity index (χ0n) is 18.0. The number of fused-ring (bicyclic) bond motifs is 1. The van der Waals surface area contributed by atoms with E-state index in [1.165, 1.54) is 21.8 Å². The van der Waals surface area contributed by atoms with Crippen molar-refractivity contribution in [3.63, 3.8) is 0 Å². The van der Waals surface area contributed by atoms with Crippen molar-refractivity contribution in [3.8, 4) is 0 Å². The maximum absolute atomic E-state index is 12.1. The average molecular weight is 430 g/mol. The van der Waals surface area contributed by atoms with Gasteiger partial charge in [-0.2, -0.15) is 0 Å². The van der Waals surface area contributed by atoms with E-state index in [4.69, 9.17) is 0 Å². The first-order valence-electron chi connectivity index (χ1n) is 10.6. The van der Waals surface area contributed by atoms with Crippen molar-refractivity contribution in [2.45, 2.75) is 32.4 Å². The molecule has 0 aromatic heterocycles. The molecule has 2 unspecified atom stereocenters. The van der Waals surface area contributed by atoms with E-state index in [2.05, 4.69) is 41.0 Å². The van der Waals surface area contributed by atoms with Gasteiger partial charge in [-0.15, -0.1) is 0 Å². The first-order chi connectivity index (χ1) is 14.2. The highest BCUT2D eigenvalue weighted by atomic mass is 32.2. The Morgan fingerprint density at radius 1 is 1.10 bits per heavy atom. The Labute approximate surface area is 179 Å². The topological polar surface area (TPSA) is 64.1 Å². The summed E-state index contributed by atoms with van der Waals surface area (Å²) < 4.78 is 25.7. The molecule has 1 N–H and O–H groups in total. The molecule has 7 heteroatoms. The number of β-amino-alcohol motifs (C(OH)–C–C–N with tert-alkyl or cyclic N) is 1. The van der Waals surface area contributed by atoms with Gasteiger partial charge < -0.3 is 10.0 Å². The summed E-state index contributed by atoms with van der Waals surface area (Å²) in [6.45, 7) is 8.34. The smallest absolute Gasteiger partial charge is 0.232 e. The summed E-state index contributed by atoms with van der Waals surface area (Å²) in [6.07, 6.45) is 1.35. The van der Waals surface area contributed by atoms with Crippen LogP contribution in [0.15, 0.2) is 42.5 Å². The molecule has 162 valence electrons. The van der Waals surface area contributed by atoms with Crippen LogP contribution in [-0.4, -0.2) is 63.4 Å². The van der Waals surface area contributed by atoms with Crippen LogP contribution in [0.3, 0.4) is 0 Å². The van der Waals surface area contributed by atoms with Gasteiger partial charge in [0.1, 0.15) is 0 Å². The second-order valence-electron chi connectivity index (χ2n) is 8.64. The van der Waals surface area contributed by atoms with Crippen molar-refractivity contribution in [2.75, 3.05) is 48.2 Å². The van der Waals surface area contributed by atoms with Crippen LogP contribution < -0.4 is 9.21 Å².